The van der Waals surface area contributed by atoms with Gasteiger partial charge in [-0.2, -0.15) is 0 Å². The molecular formula is C16H17FN2O2. The Morgan fingerprint density at radius 3 is 2.67 bits per heavy atom. The molecule has 0 aliphatic rings. The van der Waals surface area contributed by atoms with Gasteiger partial charge in [0.25, 0.3) is 5.91 Å². The van der Waals surface area contributed by atoms with Crippen LogP contribution < -0.4 is 15.4 Å². The van der Waals surface area contributed by atoms with Gasteiger partial charge in [0.15, 0.2) is 0 Å². The van der Waals surface area contributed by atoms with Crippen LogP contribution in [0.25, 0.3) is 0 Å². The van der Waals surface area contributed by atoms with E-state index >= 15 is 0 Å². The first-order valence-corrected chi connectivity index (χ1v) is 6.57. The lowest BCUT2D eigenvalue weighted by atomic mass is 10.1. The van der Waals surface area contributed by atoms with E-state index < -0.39 is 0 Å². The molecule has 0 saturated heterocycles. The smallest absolute Gasteiger partial charge is 0.262 e. The molecule has 0 aliphatic carbocycles. The molecule has 0 bridgehead atoms. The van der Waals surface area contributed by atoms with Crippen LogP contribution in [-0.4, -0.2) is 19.6 Å². The van der Waals surface area contributed by atoms with Gasteiger partial charge in [-0.1, -0.05) is 6.07 Å². The van der Waals surface area contributed by atoms with Crippen molar-refractivity contribution in [1.29, 1.82) is 0 Å². The zero-order valence-corrected chi connectivity index (χ0v) is 12.0. The molecule has 0 saturated carbocycles. The zero-order valence-electron chi connectivity index (χ0n) is 12.0. The number of amides is 1. The van der Waals surface area contributed by atoms with Gasteiger partial charge in [-0.05, 0) is 37.3 Å². The van der Waals surface area contributed by atoms with E-state index in [1.54, 1.807) is 30.3 Å². The lowest BCUT2D eigenvalue weighted by Crippen LogP contribution is -2.31. The number of methoxy groups -OCH3 is 1. The Bertz CT molecular complexity index is 658. The fraction of sp³-hybridized carbons (Fsp3) is 0.188. The molecule has 0 heterocycles. The zero-order chi connectivity index (χ0) is 15.4. The van der Waals surface area contributed by atoms with Crippen molar-refractivity contribution in [3.63, 3.8) is 0 Å². The Morgan fingerprint density at radius 2 is 2.05 bits per heavy atom. The monoisotopic (exact) mass is 288 g/mol. The molecule has 2 aromatic carbocycles. The minimum atomic E-state index is -0.386. The largest absolute Gasteiger partial charge is 0.496 e. The van der Waals surface area contributed by atoms with Crippen molar-refractivity contribution in [3.05, 3.63) is 53.8 Å². The maximum Gasteiger partial charge on any atom is 0.262 e. The Kier molecular flexibility index (Phi) is 4.42. The van der Waals surface area contributed by atoms with E-state index in [9.17, 15) is 9.18 Å². The van der Waals surface area contributed by atoms with E-state index in [1.165, 1.54) is 24.1 Å². The van der Waals surface area contributed by atoms with Crippen LogP contribution in [0.2, 0.25) is 0 Å². The Hall–Kier alpha value is -2.56. The molecule has 4 nitrogen and oxygen atoms in total. The van der Waals surface area contributed by atoms with Crippen LogP contribution >= 0.6 is 0 Å². The van der Waals surface area contributed by atoms with Crippen molar-refractivity contribution in [2.45, 2.75) is 6.92 Å². The fourth-order valence-corrected chi connectivity index (χ4v) is 2.12. The van der Waals surface area contributed by atoms with Gasteiger partial charge in [-0.15, -0.1) is 0 Å². The molecule has 5 heteroatoms. The van der Waals surface area contributed by atoms with Crippen molar-refractivity contribution in [2.24, 2.45) is 0 Å². The number of hydrogen-bond donors (Lipinski definition) is 1. The number of benzene rings is 2. The molecule has 0 unspecified atom stereocenters. The van der Waals surface area contributed by atoms with Crippen LogP contribution in [0.1, 0.15) is 17.3 Å². The van der Waals surface area contributed by atoms with E-state index in [1.807, 2.05) is 6.92 Å². The standard InChI is InChI=1S/C16H17FN2O2/c1-3-19(13-6-4-5-11(17)9-13)16(20)14-8-7-12(18)10-15(14)21-2/h4-10H,3,18H2,1-2H3. The first-order chi connectivity index (χ1) is 10.1. The average molecular weight is 288 g/mol. The molecule has 21 heavy (non-hydrogen) atoms. The second-order valence-corrected chi connectivity index (χ2v) is 4.49. The molecule has 0 radical (unpaired) electrons. The van der Waals surface area contributed by atoms with Gasteiger partial charge < -0.3 is 15.4 Å². The summed E-state index contributed by atoms with van der Waals surface area (Å²) in [7, 11) is 1.48. The highest BCUT2D eigenvalue weighted by Crippen LogP contribution is 2.25. The number of carbonyl (C=O) groups is 1. The van der Waals surface area contributed by atoms with E-state index in [0.29, 0.717) is 29.2 Å². The number of halogens is 1. The van der Waals surface area contributed by atoms with Gasteiger partial charge in [-0.3, -0.25) is 4.79 Å². The number of hydrogen-bond acceptors (Lipinski definition) is 3. The maximum absolute atomic E-state index is 13.3. The molecule has 2 N–H and O–H groups in total. The minimum Gasteiger partial charge on any atom is -0.496 e. The Morgan fingerprint density at radius 1 is 1.29 bits per heavy atom. The molecule has 0 aliphatic heterocycles. The predicted octanol–water partition coefficient (Wildman–Crippen LogP) is 3.08. The quantitative estimate of drug-likeness (QED) is 0.880. The summed E-state index contributed by atoms with van der Waals surface area (Å²) >= 11 is 0. The average Bonchev–Trinajstić information content (AvgIpc) is 2.47. The second kappa shape index (κ2) is 6.26. The van der Waals surface area contributed by atoms with Crippen LogP contribution in [0.15, 0.2) is 42.5 Å². The van der Waals surface area contributed by atoms with E-state index in [2.05, 4.69) is 0 Å². The summed E-state index contributed by atoms with van der Waals surface area (Å²) in [5.41, 5.74) is 7.09. The van der Waals surface area contributed by atoms with Crippen LogP contribution in [0.5, 0.6) is 5.75 Å². The first kappa shape index (κ1) is 14.8. The molecule has 1 amide bonds. The van der Waals surface area contributed by atoms with Crippen LogP contribution in [-0.2, 0) is 0 Å². The molecule has 0 spiro atoms. The summed E-state index contributed by atoms with van der Waals surface area (Å²) in [4.78, 5) is 14.1. The van der Waals surface area contributed by atoms with Gasteiger partial charge in [0.2, 0.25) is 0 Å². The van der Waals surface area contributed by atoms with E-state index in [4.69, 9.17) is 10.5 Å². The first-order valence-electron chi connectivity index (χ1n) is 6.57. The number of carbonyl (C=O) groups excluding carboxylic acids is 1. The lowest BCUT2D eigenvalue weighted by molar-refractivity contribution is 0.0985. The van der Waals surface area contributed by atoms with Crippen molar-refractivity contribution in [2.75, 3.05) is 24.3 Å². The molecule has 2 aromatic rings. The van der Waals surface area contributed by atoms with Crippen molar-refractivity contribution >= 4 is 17.3 Å². The van der Waals surface area contributed by atoms with Gasteiger partial charge in [0.1, 0.15) is 11.6 Å². The fourth-order valence-electron chi connectivity index (χ4n) is 2.12. The third-order valence-electron chi connectivity index (χ3n) is 3.14. The van der Waals surface area contributed by atoms with Crippen LogP contribution in [0.3, 0.4) is 0 Å². The van der Waals surface area contributed by atoms with Gasteiger partial charge in [-0.25, -0.2) is 4.39 Å². The van der Waals surface area contributed by atoms with Gasteiger partial charge in [0, 0.05) is 24.0 Å². The maximum atomic E-state index is 13.3. The summed E-state index contributed by atoms with van der Waals surface area (Å²) in [5, 5.41) is 0. The third-order valence-corrected chi connectivity index (χ3v) is 3.14. The lowest BCUT2D eigenvalue weighted by Gasteiger charge is -2.22. The summed E-state index contributed by atoms with van der Waals surface area (Å²) in [6, 6.07) is 10.8. The number of ether oxygens (including phenoxy) is 1. The number of rotatable bonds is 4. The summed E-state index contributed by atoms with van der Waals surface area (Å²) in [6.45, 7) is 2.24. The molecule has 2 rings (SSSR count). The van der Waals surface area contributed by atoms with Crippen molar-refractivity contribution < 1.29 is 13.9 Å². The predicted molar refractivity (Wildman–Crippen MR) is 81.2 cm³/mol. The summed E-state index contributed by atoms with van der Waals surface area (Å²) in [5.74, 6) is -0.252. The van der Waals surface area contributed by atoms with Crippen molar-refractivity contribution in [3.8, 4) is 5.75 Å². The molecule has 0 atom stereocenters. The number of nitrogens with two attached hydrogens (primary N) is 1. The van der Waals surface area contributed by atoms with E-state index in [0.717, 1.165) is 0 Å². The van der Waals surface area contributed by atoms with Gasteiger partial charge >= 0.3 is 0 Å². The molecule has 110 valence electrons. The summed E-state index contributed by atoms with van der Waals surface area (Å²) < 4.78 is 18.5. The topological polar surface area (TPSA) is 55.6 Å². The highest BCUT2D eigenvalue weighted by atomic mass is 19.1. The molecular weight excluding hydrogens is 271 g/mol. The van der Waals surface area contributed by atoms with Crippen molar-refractivity contribution in [1.82, 2.24) is 0 Å². The van der Waals surface area contributed by atoms with E-state index in [-0.39, 0.29) is 11.7 Å². The normalized spacial score (nSPS) is 10.2. The highest BCUT2D eigenvalue weighted by Gasteiger charge is 2.20. The number of nitrogen functional groups attached to an aromatic ring is 1. The minimum absolute atomic E-state index is 0.264. The number of anilines is 2. The highest BCUT2D eigenvalue weighted by molar-refractivity contribution is 6.08. The summed E-state index contributed by atoms with van der Waals surface area (Å²) in [6.07, 6.45) is 0. The second-order valence-electron chi connectivity index (χ2n) is 4.49. The Labute approximate surface area is 122 Å². The number of nitrogens with zero attached hydrogens (tertiary/aromatic N) is 1. The van der Waals surface area contributed by atoms with Crippen LogP contribution in [0.4, 0.5) is 15.8 Å². The van der Waals surface area contributed by atoms with Gasteiger partial charge in [0.05, 0.1) is 12.7 Å². The van der Waals surface area contributed by atoms with Crippen LogP contribution in [0, 0.1) is 5.82 Å². The third kappa shape index (κ3) is 3.13. The Balaban J connectivity index is 2.41. The molecule has 0 fully saturated rings. The molecule has 0 aromatic heterocycles. The SMILES string of the molecule is CCN(C(=O)c1ccc(N)cc1OC)c1cccc(F)c1.